The summed E-state index contributed by atoms with van der Waals surface area (Å²) in [4.78, 5) is 23.6. The molecule has 0 amide bonds. The van der Waals surface area contributed by atoms with Crippen molar-refractivity contribution in [1.82, 2.24) is 0 Å². The third-order valence-electron chi connectivity index (χ3n) is 4.61. The SMILES string of the molecule is CC#CC#CC#CC#CC#CC#CC#CC(=O)OC[C@@H](CO)OC(=O)CCCCCCCCCCCC. The van der Waals surface area contributed by atoms with Gasteiger partial charge in [-0.2, -0.15) is 0 Å². The molecule has 0 aromatic carbocycles. The fourth-order valence-corrected chi connectivity index (χ4v) is 2.79. The van der Waals surface area contributed by atoms with Gasteiger partial charge in [0.2, 0.25) is 0 Å². The molecule has 0 radical (unpaired) electrons. The topological polar surface area (TPSA) is 72.8 Å². The van der Waals surface area contributed by atoms with Gasteiger partial charge in [0.15, 0.2) is 6.10 Å². The van der Waals surface area contributed by atoms with Crippen LogP contribution in [0.3, 0.4) is 0 Å². The molecule has 0 aromatic rings. The Hall–Kier alpha value is -4.18. The smallest absolute Gasteiger partial charge is 0.385 e. The number of hydrogen-bond acceptors (Lipinski definition) is 5. The number of aliphatic hydroxyl groups excluding tert-OH is 1. The van der Waals surface area contributed by atoms with Crippen molar-refractivity contribution < 1.29 is 24.2 Å². The van der Waals surface area contributed by atoms with Crippen molar-refractivity contribution in [1.29, 1.82) is 0 Å². The first-order chi connectivity index (χ1) is 18.1. The molecule has 0 aliphatic rings. The van der Waals surface area contributed by atoms with Crippen LogP contribution in [0.4, 0.5) is 0 Å². The number of aliphatic hydroxyl groups is 1. The van der Waals surface area contributed by atoms with Crippen LogP contribution in [0.2, 0.25) is 0 Å². The summed E-state index contributed by atoms with van der Waals surface area (Å²) >= 11 is 0. The van der Waals surface area contributed by atoms with E-state index in [1.807, 2.05) is 0 Å². The van der Waals surface area contributed by atoms with Crippen LogP contribution < -0.4 is 0 Å². The molecule has 0 aliphatic heterocycles. The summed E-state index contributed by atoms with van der Waals surface area (Å²) in [6, 6.07) is 0. The van der Waals surface area contributed by atoms with Crippen molar-refractivity contribution in [2.75, 3.05) is 13.2 Å². The summed E-state index contributed by atoms with van der Waals surface area (Å²) in [5, 5.41) is 9.36. The largest absolute Gasteiger partial charge is 0.456 e. The molecule has 37 heavy (non-hydrogen) atoms. The fourth-order valence-electron chi connectivity index (χ4n) is 2.79. The van der Waals surface area contributed by atoms with E-state index in [9.17, 15) is 14.7 Å². The standard InChI is InChI=1S/C32H34O5/c1-3-5-7-9-11-13-15-16-17-19-20-22-24-26-31(34)36-29-30(28-33)37-32(35)27-25-23-21-18-14-12-10-8-6-4-2/h30,33H,4,6,8,10,12,14,18,21,23,25,27-29H2,1-2H3/t30-/m1/s1. The maximum atomic E-state index is 11.9. The van der Waals surface area contributed by atoms with Gasteiger partial charge < -0.3 is 14.6 Å². The lowest BCUT2D eigenvalue weighted by molar-refractivity contribution is -0.159. The first-order valence-corrected chi connectivity index (χ1v) is 12.5. The minimum atomic E-state index is -0.925. The normalized spacial score (nSPS) is 8.95. The molecule has 1 atom stereocenters. The zero-order valence-electron chi connectivity index (χ0n) is 21.8. The van der Waals surface area contributed by atoms with Crippen molar-refractivity contribution in [2.24, 2.45) is 0 Å². The van der Waals surface area contributed by atoms with Crippen LogP contribution in [0.25, 0.3) is 0 Å². The summed E-state index contributed by atoms with van der Waals surface area (Å²) in [7, 11) is 0. The van der Waals surface area contributed by atoms with Gasteiger partial charge in [0.05, 0.1) is 6.61 Å². The van der Waals surface area contributed by atoms with Crippen LogP contribution in [-0.2, 0) is 19.1 Å². The van der Waals surface area contributed by atoms with E-state index in [2.05, 4.69) is 89.8 Å². The average Bonchev–Trinajstić information content (AvgIpc) is 2.90. The maximum Gasteiger partial charge on any atom is 0.385 e. The number of rotatable bonds is 15. The van der Waals surface area contributed by atoms with E-state index < -0.39 is 24.6 Å². The highest BCUT2D eigenvalue weighted by Gasteiger charge is 2.15. The van der Waals surface area contributed by atoms with Crippen molar-refractivity contribution in [3.05, 3.63) is 0 Å². The Labute approximate surface area is 222 Å². The Kier molecular flexibility index (Phi) is 23.4. The molecule has 0 spiro atoms. The van der Waals surface area contributed by atoms with Crippen LogP contribution in [0.1, 0.15) is 84.5 Å². The average molecular weight is 499 g/mol. The lowest BCUT2D eigenvalue weighted by Gasteiger charge is -2.14. The summed E-state index contributed by atoms with van der Waals surface area (Å²) in [5.74, 6) is 33.0. The molecule has 5 nitrogen and oxygen atoms in total. The van der Waals surface area contributed by atoms with Gasteiger partial charge in [-0.25, -0.2) is 4.79 Å². The van der Waals surface area contributed by atoms with Crippen LogP contribution >= 0.6 is 0 Å². The first-order valence-electron chi connectivity index (χ1n) is 12.5. The molecule has 0 rings (SSSR count). The third kappa shape index (κ3) is 24.7. The Morgan fingerprint density at radius 1 is 0.676 bits per heavy atom. The highest BCUT2D eigenvalue weighted by molar-refractivity contribution is 5.89. The Balaban J connectivity index is 4.11. The van der Waals surface area contributed by atoms with Crippen LogP contribution in [-0.4, -0.2) is 36.4 Å². The Morgan fingerprint density at radius 2 is 1.14 bits per heavy atom. The number of hydrogen-bond donors (Lipinski definition) is 1. The molecule has 0 bridgehead atoms. The molecule has 0 aromatic heterocycles. The van der Waals surface area contributed by atoms with Crippen LogP contribution in [0, 0.1) is 82.9 Å². The molecule has 0 unspecified atom stereocenters. The van der Waals surface area contributed by atoms with Gasteiger partial charge in [-0.1, -0.05) is 70.6 Å². The second kappa shape index (κ2) is 26.4. The van der Waals surface area contributed by atoms with E-state index in [1.54, 1.807) is 6.92 Å². The lowest BCUT2D eigenvalue weighted by Crippen LogP contribution is -2.28. The number of carbonyl (C=O) groups excluding carboxylic acids is 2. The van der Waals surface area contributed by atoms with Crippen molar-refractivity contribution >= 4 is 11.9 Å². The first kappa shape index (κ1) is 32.8. The fraction of sp³-hybridized carbons (Fsp3) is 0.500. The van der Waals surface area contributed by atoms with Crippen molar-refractivity contribution in [2.45, 2.75) is 90.6 Å². The molecule has 0 aliphatic carbocycles. The number of esters is 2. The van der Waals surface area contributed by atoms with Gasteiger partial charge in [0.1, 0.15) is 6.61 Å². The number of carbonyl (C=O) groups is 2. The van der Waals surface area contributed by atoms with Crippen LogP contribution in [0.5, 0.6) is 0 Å². The van der Waals surface area contributed by atoms with E-state index in [-0.39, 0.29) is 13.0 Å². The second-order valence-electron chi connectivity index (χ2n) is 7.70. The summed E-state index contributed by atoms with van der Waals surface area (Å²) in [5.41, 5.74) is 0. The van der Waals surface area contributed by atoms with Gasteiger partial charge in [0.25, 0.3) is 0 Å². The third-order valence-corrected chi connectivity index (χ3v) is 4.61. The molecule has 1 N–H and O–H groups in total. The molecular weight excluding hydrogens is 464 g/mol. The summed E-state index contributed by atoms with van der Waals surface area (Å²) in [6.07, 6.45) is 11.1. The minimum Gasteiger partial charge on any atom is -0.456 e. The molecular formula is C32H34O5. The van der Waals surface area contributed by atoms with E-state index in [0.29, 0.717) is 0 Å². The highest BCUT2D eigenvalue weighted by atomic mass is 16.6. The van der Waals surface area contributed by atoms with E-state index in [0.717, 1.165) is 19.3 Å². The molecule has 0 saturated carbocycles. The molecule has 5 heteroatoms. The predicted octanol–water partition coefficient (Wildman–Crippen LogP) is 3.79. The van der Waals surface area contributed by atoms with E-state index >= 15 is 0 Å². The lowest BCUT2D eigenvalue weighted by atomic mass is 10.1. The van der Waals surface area contributed by atoms with Gasteiger partial charge in [0, 0.05) is 12.3 Å². The molecule has 0 heterocycles. The zero-order chi connectivity index (χ0) is 27.2. The monoisotopic (exact) mass is 498 g/mol. The van der Waals surface area contributed by atoms with Gasteiger partial charge in [-0.3, -0.25) is 4.79 Å². The zero-order valence-corrected chi connectivity index (χ0v) is 21.8. The quantitative estimate of drug-likeness (QED) is 0.161. The summed E-state index contributed by atoms with van der Waals surface area (Å²) < 4.78 is 10.1. The van der Waals surface area contributed by atoms with Gasteiger partial charge in [-0.05, 0) is 84.4 Å². The van der Waals surface area contributed by atoms with Crippen molar-refractivity contribution in [3.8, 4) is 82.9 Å². The van der Waals surface area contributed by atoms with Gasteiger partial charge in [-0.15, -0.1) is 0 Å². The number of unbranched alkanes of at least 4 members (excludes halogenated alkanes) is 9. The molecule has 0 fully saturated rings. The summed E-state index contributed by atoms with van der Waals surface area (Å²) in [6.45, 7) is 3.16. The minimum absolute atomic E-state index is 0.274. The molecule has 0 saturated heterocycles. The van der Waals surface area contributed by atoms with Crippen molar-refractivity contribution in [3.63, 3.8) is 0 Å². The highest BCUT2D eigenvalue weighted by Crippen LogP contribution is 2.11. The Bertz CT molecular complexity index is 1130. The van der Waals surface area contributed by atoms with E-state index in [1.165, 1.54) is 44.9 Å². The number of ether oxygens (including phenoxy) is 2. The predicted molar refractivity (Wildman–Crippen MR) is 144 cm³/mol. The van der Waals surface area contributed by atoms with Gasteiger partial charge >= 0.3 is 11.9 Å². The Morgan fingerprint density at radius 3 is 1.62 bits per heavy atom. The maximum absolute atomic E-state index is 11.9. The van der Waals surface area contributed by atoms with E-state index in [4.69, 9.17) is 9.47 Å². The second-order valence-corrected chi connectivity index (χ2v) is 7.70. The molecule has 192 valence electrons. The van der Waals surface area contributed by atoms with Crippen LogP contribution in [0.15, 0.2) is 0 Å².